The van der Waals surface area contributed by atoms with Crippen LogP contribution < -0.4 is 14.8 Å². The molecule has 0 spiro atoms. The van der Waals surface area contributed by atoms with Crippen LogP contribution in [-0.2, 0) is 4.79 Å². The molecule has 0 fully saturated rings. The number of aliphatic hydroxyl groups excluding tert-OH is 1. The molecule has 1 aliphatic rings. The van der Waals surface area contributed by atoms with Crippen LogP contribution in [0, 0.1) is 11.3 Å². The van der Waals surface area contributed by atoms with Crippen molar-refractivity contribution in [2.75, 3.05) is 20.3 Å². The van der Waals surface area contributed by atoms with Crippen LogP contribution in [0.3, 0.4) is 0 Å². The van der Waals surface area contributed by atoms with Gasteiger partial charge in [-0.15, -0.1) is 0 Å². The number of carbonyl (C=O) groups is 1. The Bertz CT molecular complexity index is 538. The van der Waals surface area contributed by atoms with Crippen molar-refractivity contribution >= 4 is 5.91 Å². The lowest BCUT2D eigenvalue weighted by Gasteiger charge is -2.12. The molecule has 2 rings (SSSR count). The monoisotopic (exact) mass is 276 g/mol. The van der Waals surface area contributed by atoms with E-state index in [4.69, 9.17) is 19.8 Å². The van der Waals surface area contributed by atoms with Crippen molar-refractivity contribution in [3.63, 3.8) is 0 Å². The van der Waals surface area contributed by atoms with Gasteiger partial charge in [0, 0.05) is 24.0 Å². The maximum absolute atomic E-state index is 11.8. The summed E-state index contributed by atoms with van der Waals surface area (Å²) in [5.41, 5.74) is 0.957. The fourth-order valence-electron chi connectivity index (χ4n) is 2.15. The van der Waals surface area contributed by atoms with E-state index < -0.39 is 12.6 Å². The van der Waals surface area contributed by atoms with Gasteiger partial charge in [-0.2, -0.15) is 5.26 Å². The Hall–Kier alpha value is -2.26. The molecule has 2 atom stereocenters. The third-order valence-corrected chi connectivity index (χ3v) is 3.21. The maximum atomic E-state index is 11.8. The van der Waals surface area contributed by atoms with Gasteiger partial charge >= 0.3 is 0 Å². The van der Waals surface area contributed by atoms with Gasteiger partial charge < -0.3 is 19.9 Å². The van der Waals surface area contributed by atoms with Crippen molar-refractivity contribution in [1.82, 2.24) is 5.32 Å². The van der Waals surface area contributed by atoms with Crippen molar-refractivity contribution in [3.8, 4) is 17.6 Å². The number of nitrogens with one attached hydrogen (secondary N) is 1. The average molecular weight is 276 g/mol. The largest absolute Gasteiger partial charge is 0.497 e. The van der Waals surface area contributed by atoms with Crippen LogP contribution in [0.2, 0.25) is 0 Å². The van der Waals surface area contributed by atoms with E-state index in [1.54, 1.807) is 13.2 Å². The number of aliphatic hydroxyl groups is 1. The first kappa shape index (κ1) is 14.2. The number of nitriles is 1. The molecule has 2 N–H and O–H groups in total. The molecule has 0 saturated heterocycles. The highest BCUT2D eigenvalue weighted by molar-refractivity contribution is 5.78. The number of rotatable bonds is 5. The molecule has 106 valence electrons. The Balaban J connectivity index is 2.00. The summed E-state index contributed by atoms with van der Waals surface area (Å²) in [5, 5.41) is 20.0. The van der Waals surface area contributed by atoms with E-state index in [-0.39, 0.29) is 18.2 Å². The second-order valence-corrected chi connectivity index (χ2v) is 4.55. The number of ether oxygens (including phenoxy) is 2. The standard InChI is InChI=1S/C14H16N2O4/c1-19-11-2-3-12-9(8-20-13(12)5-11)4-14(18)16-10(6-15)7-17/h2-3,5,9-10,17H,4,7-8H2,1H3,(H,16,18). The summed E-state index contributed by atoms with van der Waals surface area (Å²) >= 11 is 0. The zero-order chi connectivity index (χ0) is 14.5. The molecule has 1 heterocycles. The molecular formula is C14H16N2O4. The van der Waals surface area contributed by atoms with Gasteiger partial charge in [0.1, 0.15) is 17.5 Å². The van der Waals surface area contributed by atoms with Gasteiger partial charge in [0.25, 0.3) is 0 Å². The lowest BCUT2D eigenvalue weighted by atomic mass is 9.97. The normalized spacial score (nSPS) is 17.6. The third-order valence-electron chi connectivity index (χ3n) is 3.21. The Morgan fingerprint density at radius 3 is 3.15 bits per heavy atom. The fraction of sp³-hybridized carbons (Fsp3) is 0.429. The van der Waals surface area contributed by atoms with Crippen LogP contribution in [-0.4, -0.2) is 37.4 Å². The first-order valence-electron chi connectivity index (χ1n) is 6.28. The highest BCUT2D eigenvalue weighted by Crippen LogP contribution is 2.38. The van der Waals surface area contributed by atoms with Gasteiger partial charge in [-0.25, -0.2) is 0 Å². The molecular weight excluding hydrogens is 260 g/mol. The lowest BCUT2D eigenvalue weighted by molar-refractivity contribution is -0.122. The second kappa shape index (κ2) is 6.26. The summed E-state index contributed by atoms with van der Waals surface area (Å²) in [6.07, 6.45) is 0.220. The minimum atomic E-state index is -0.861. The average Bonchev–Trinajstić information content (AvgIpc) is 2.86. The summed E-state index contributed by atoms with van der Waals surface area (Å²) < 4.78 is 10.7. The first-order chi connectivity index (χ1) is 9.67. The summed E-state index contributed by atoms with van der Waals surface area (Å²) in [6, 6.07) is 6.45. The zero-order valence-corrected chi connectivity index (χ0v) is 11.1. The molecule has 0 bridgehead atoms. The van der Waals surface area contributed by atoms with E-state index in [9.17, 15) is 4.79 Å². The van der Waals surface area contributed by atoms with Crippen molar-refractivity contribution in [2.45, 2.75) is 18.4 Å². The van der Waals surface area contributed by atoms with Crippen LogP contribution in [0.5, 0.6) is 11.5 Å². The van der Waals surface area contributed by atoms with Crippen LogP contribution in [0.15, 0.2) is 18.2 Å². The Labute approximate surface area is 116 Å². The molecule has 1 amide bonds. The molecule has 1 aromatic carbocycles. The smallest absolute Gasteiger partial charge is 0.221 e. The van der Waals surface area contributed by atoms with E-state index in [1.165, 1.54) is 0 Å². The van der Waals surface area contributed by atoms with Gasteiger partial charge in [-0.1, -0.05) is 6.07 Å². The van der Waals surface area contributed by atoms with Crippen LogP contribution in [0.4, 0.5) is 0 Å². The van der Waals surface area contributed by atoms with Crippen LogP contribution in [0.1, 0.15) is 17.9 Å². The number of fused-ring (bicyclic) bond motifs is 1. The predicted molar refractivity (Wildman–Crippen MR) is 70.5 cm³/mol. The highest BCUT2D eigenvalue weighted by Gasteiger charge is 2.27. The van der Waals surface area contributed by atoms with Crippen molar-refractivity contribution in [3.05, 3.63) is 23.8 Å². The van der Waals surface area contributed by atoms with Crippen molar-refractivity contribution < 1.29 is 19.4 Å². The van der Waals surface area contributed by atoms with Crippen molar-refractivity contribution in [2.24, 2.45) is 0 Å². The summed E-state index contributed by atoms with van der Waals surface area (Å²) in [7, 11) is 1.58. The summed E-state index contributed by atoms with van der Waals surface area (Å²) in [5.74, 6) is 1.11. The van der Waals surface area contributed by atoms with E-state index in [0.29, 0.717) is 12.4 Å². The van der Waals surface area contributed by atoms with Gasteiger partial charge in [-0.05, 0) is 6.07 Å². The topological polar surface area (TPSA) is 91.6 Å². The molecule has 1 aromatic rings. The van der Waals surface area contributed by atoms with Crippen LogP contribution in [0.25, 0.3) is 0 Å². The number of carbonyl (C=O) groups excluding carboxylic acids is 1. The van der Waals surface area contributed by atoms with Gasteiger partial charge in [-0.3, -0.25) is 4.79 Å². The molecule has 0 saturated carbocycles. The van der Waals surface area contributed by atoms with Crippen molar-refractivity contribution in [1.29, 1.82) is 5.26 Å². The summed E-state index contributed by atoms with van der Waals surface area (Å²) in [4.78, 5) is 11.8. The second-order valence-electron chi connectivity index (χ2n) is 4.55. The number of methoxy groups -OCH3 is 1. The summed E-state index contributed by atoms with van der Waals surface area (Å²) in [6.45, 7) is 0.0312. The highest BCUT2D eigenvalue weighted by atomic mass is 16.5. The molecule has 2 unspecified atom stereocenters. The van der Waals surface area contributed by atoms with E-state index >= 15 is 0 Å². The molecule has 1 aliphatic heterocycles. The molecule has 20 heavy (non-hydrogen) atoms. The minimum Gasteiger partial charge on any atom is -0.497 e. The SMILES string of the molecule is COc1ccc2c(c1)OCC2CC(=O)NC(C#N)CO. The number of hydrogen-bond donors (Lipinski definition) is 2. The Kier molecular flexibility index (Phi) is 4.43. The third kappa shape index (κ3) is 3.00. The zero-order valence-electron chi connectivity index (χ0n) is 11.1. The predicted octanol–water partition coefficient (Wildman–Crippen LogP) is 0.562. The maximum Gasteiger partial charge on any atom is 0.221 e. The number of nitrogens with zero attached hydrogens (tertiary/aromatic N) is 1. The first-order valence-corrected chi connectivity index (χ1v) is 6.28. The van der Waals surface area contributed by atoms with E-state index in [0.717, 1.165) is 11.3 Å². The van der Waals surface area contributed by atoms with Gasteiger partial charge in [0.15, 0.2) is 0 Å². The quantitative estimate of drug-likeness (QED) is 0.820. The minimum absolute atomic E-state index is 0.0473. The Morgan fingerprint density at radius 2 is 2.50 bits per heavy atom. The fourth-order valence-corrected chi connectivity index (χ4v) is 2.15. The number of amides is 1. The van der Waals surface area contributed by atoms with Gasteiger partial charge in [0.05, 0.1) is 26.4 Å². The van der Waals surface area contributed by atoms with E-state index in [1.807, 2.05) is 18.2 Å². The number of benzene rings is 1. The Morgan fingerprint density at radius 1 is 1.70 bits per heavy atom. The molecule has 6 heteroatoms. The molecule has 0 radical (unpaired) electrons. The van der Waals surface area contributed by atoms with Gasteiger partial charge in [0.2, 0.25) is 5.91 Å². The lowest BCUT2D eigenvalue weighted by Crippen LogP contribution is -2.37. The van der Waals surface area contributed by atoms with E-state index in [2.05, 4.69) is 5.32 Å². The molecule has 6 nitrogen and oxygen atoms in total. The van der Waals surface area contributed by atoms with Crippen LogP contribution >= 0.6 is 0 Å². The molecule has 0 aliphatic carbocycles. The molecule has 0 aromatic heterocycles. The number of hydrogen-bond acceptors (Lipinski definition) is 5.